The maximum atomic E-state index is 13.1. The fourth-order valence-electron chi connectivity index (χ4n) is 3.02. The number of methoxy groups -OCH3 is 3. The molecule has 2 heterocycles. The summed E-state index contributed by atoms with van der Waals surface area (Å²) in [5.41, 5.74) is 3.09. The number of amides is 2. The molecular weight excluding hydrogens is 414 g/mol. The summed E-state index contributed by atoms with van der Waals surface area (Å²) in [6, 6.07) is 2.68. The smallest absolute Gasteiger partial charge is 0.255 e. The van der Waals surface area contributed by atoms with Crippen molar-refractivity contribution in [3.63, 3.8) is 0 Å². The van der Waals surface area contributed by atoms with Gasteiger partial charge in [0.2, 0.25) is 11.7 Å². The van der Waals surface area contributed by atoms with Crippen LogP contribution in [0.3, 0.4) is 0 Å². The van der Waals surface area contributed by atoms with Crippen molar-refractivity contribution < 1.29 is 23.8 Å². The van der Waals surface area contributed by atoms with E-state index in [2.05, 4.69) is 10.3 Å². The molecule has 8 nitrogen and oxygen atoms in total. The van der Waals surface area contributed by atoms with Gasteiger partial charge in [0, 0.05) is 29.7 Å². The second kappa shape index (κ2) is 9.84. The lowest BCUT2D eigenvalue weighted by molar-refractivity contribution is -0.124. The van der Waals surface area contributed by atoms with E-state index in [9.17, 15) is 9.59 Å². The molecule has 10 heteroatoms. The summed E-state index contributed by atoms with van der Waals surface area (Å²) in [6.07, 6.45) is 0.663. The van der Waals surface area contributed by atoms with Gasteiger partial charge in [0.15, 0.2) is 11.5 Å². The van der Waals surface area contributed by atoms with E-state index in [4.69, 9.17) is 14.2 Å². The number of thiazole rings is 1. The second-order valence-electron chi connectivity index (χ2n) is 6.23. The van der Waals surface area contributed by atoms with Crippen LogP contribution in [0.2, 0.25) is 0 Å². The molecule has 0 saturated carbocycles. The Labute approximate surface area is 177 Å². The third-order valence-corrected chi connectivity index (χ3v) is 6.17. The highest BCUT2D eigenvalue weighted by molar-refractivity contribution is 7.99. The average molecular weight is 438 g/mol. The molecule has 1 saturated heterocycles. The number of hydrogen-bond donors (Lipinski definition) is 1. The lowest BCUT2D eigenvalue weighted by Crippen LogP contribution is -2.47. The summed E-state index contributed by atoms with van der Waals surface area (Å²) in [4.78, 5) is 31.6. The van der Waals surface area contributed by atoms with E-state index in [1.165, 1.54) is 32.7 Å². The topological polar surface area (TPSA) is 90.0 Å². The van der Waals surface area contributed by atoms with Crippen LogP contribution in [0.5, 0.6) is 17.2 Å². The van der Waals surface area contributed by atoms with E-state index < -0.39 is 6.04 Å². The van der Waals surface area contributed by atoms with Crippen molar-refractivity contribution in [3.8, 4) is 17.2 Å². The molecule has 1 unspecified atom stereocenters. The number of ether oxygens (including phenoxy) is 3. The van der Waals surface area contributed by atoms with Crippen molar-refractivity contribution in [3.05, 3.63) is 34.3 Å². The van der Waals surface area contributed by atoms with E-state index in [0.717, 1.165) is 5.69 Å². The van der Waals surface area contributed by atoms with Crippen LogP contribution in [0, 0.1) is 0 Å². The molecule has 29 heavy (non-hydrogen) atoms. The lowest BCUT2D eigenvalue weighted by Gasteiger charge is -2.24. The van der Waals surface area contributed by atoms with Gasteiger partial charge >= 0.3 is 0 Å². The van der Waals surface area contributed by atoms with Crippen molar-refractivity contribution in [2.24, 2.45) is 0 Å². The Kier molecular flexibility index (Phi) is 7.21. The van der Waals surface area contributed by atoms with Gasteiger partial charge in [-0.1, -0.05) is 0 Å². The molecule has 1 atom stereocenters. The maximum absolute atomic E-state index is 13.1. The van der Waals surface area contributed by atoms with Crippen molar-refractivity contribution >= 4 is 34.9 Å². The van der Waals surface area contributed by atoms with Crippen molar-refractivity contribution in [1.82, 2.24) is 15.2 Å². The average Bonchev–Trinajstić information content (AvgIpc) is 3.44. The van der Waals surface area contributed by atoms with Crippen LogP contribution < -0.4 is 19.5 Å². The number of carbonyl (C=O) groups is 2. The minimum atomic E-state index is -0.526. The van der Waals surface area contributed by atoms with E-state index in [1.807, 2.05) is 5.38 Å². The van der Waals surface area contributed by atoms with Gasteiger partial charge in [0.1, 0.15) is 6.04 Å². The van der Waals surface area contributed by atoms with E-state index in [-0.39, 0.29) is 11.8 Å². The van der Waals surface area contributed by atoms with Crippen LogP contribution in [-0.4, -0.2) is 67.2 Å². The van der Waals surface area contributed by atoms with Crippen LogP contribution in [-0.2, 0) is 11.2 Å². The summed E-state index contributed by atoms with van der Waals surface area (Å²) in [7, 11) is 4.50. The summed E-state index contributed by atoms with van der Waals surface area (Å²) < 4.78 is 16.0. The molecule has 1 aromatic heterocycles. The Hall–Kier alpha value is -2.46. The van der Waals surface area contributed by atoms with Gasteiger partial charge in [-0.15, -0.1) is 23.1 Å². The number of hydrogen-bond acceptors (Lipinski definition) is 8. The molecular formula is C19H23N3O5S2. The number of rotatable bonds is 8. The minimum Gasteiger partial charge on any atom is -0.493 e. The SMILES string of the molecule is COc1cc(C(=O)N2CSCC2C(=O)NCCc2cscn2)cc(OC)c1OC. The predicted molar refractivity (Wildman–Crippen MR) is 112 cm³/mol. The number of nitrogens with one attached hydrogen (secondary N) is 1. The molecule has 1 aliphatic rings. The Bertz CT molecular complexity index is 835. The van der Waals surface area contributed by atoms with Crippen molar-refractivity contribution in [2.45, 2.75) is 12.5 Å². The number of aromatic nitrogens is 1. The van der Waals surface area contributed by atoms with Crippen LogP contribution in [0.4, 0.5) is 0 Å². The molecule has 0 aliphatic carbocycles. The molecule has 2 amide bonds. The zero-order chi connectivity index (χ0) is 20.8. The molecule has 2 aromatic rings. The first-order valence-electron chi connectivity index (χ1n) is 8.92. The first kappa shape index (κ1) is 21.3. The third-order valence-electron chi connectivity index (χ3n) is 4.52. The zero-order valence-corrected chi connectivity index (χ0v) is 18.1. The minimum absolute atomic E-state index is 0.161. The number of carbonyl (C=O) groups excluding carboxylic acids is 2. The summed E-state index contributed by atoms with van der Waals surface area (Å²) in [6.45, 7) is 0.482. The number of thioether (sulfide) groups is 1. The van der Waals surface area contributed by atoms with E-state index in [0.29, 0.717) is 47.4 Å². The van der Waals surface area contributed by atoms with Crippen LogP contribution in [0.25, 0.3) is 0 Å². The molecule has 1 aromatic carbocycles. The van der Waals surface area contributed by atoms with E-state index >= 15 is 0 Å². The molecule has 1 N–H and O–H groups in total. The highest BCUT2D eigenvalue weighted by atomic mass is 32.2. The Morgan fingerprint density at radius 2 is 1.93 bits per heavy atom. The molecule has 3 rings (SSSR count). The van der Waals surface area contributed by atoms with Gasteiger partial charge in [-0.2, -0.15) is 0 Å². The molecule has 1 aliphatic heterocycles. The highest BCUT2D eigenvalue weighted by Crippen LogP contribution is 2.39. The largest absolute Gasteiger partial charge is 0.493 e. The van der Waals surface area contributed by atoms with Gasteiger partial charge in [-0.3, -0.25) is 9.59 Å². The number of benzene rings is 1. The maximum Gasteiger partial charge on any atom is 0.255 e. The molecule has 0 spiro atoms. The fraction of sp³-hybridized carbons (Fsp3) is 0.421. The highest BCUT2D eigenvalue weighted by Gasteiger charge is 2.35. The van der Waals surface area contributed by atoms with Gasteiger partial charge in [-0.25, -0.2) is 4.98 Å². The molecule has 0 bridgehead atoms. The molecule has 1 fully saturated rings. The van der Waals surface area contributed by atoms with E-state index in [1.54, 1.807) is 34.3 Å². The monoisotopic (exact) mass is 437 g/mol. The Balaban J connectivity index is 1.71. The predicted octanol–water partition coefficient (Wildman–Crippen LogP) is 2.04. The van der Waals surface area contributed by atoms with Gasteiger partial charge in [-0.05, 0) is 12.1 Å². The quantitative estimate of drug-likeness (QED) is 0.676. The lowest BCUT2D eigenvalue weighted by atomic mass is 10.1. The van der Waals surface area contributed by atoms with Crippen LogP contribution in [0.1, 0.15) is 16.1 Å². The van der Waals surface area contributed by atoms with Crippen molar-refractivity contribution in [2.75, 3.05) is 39.5 Å². The zero-order valence-electron chi connectivity index (χ0n) is 16.5. The Morgan fingerprint density at radius 1 is 1.21 bits per heavy atom. The van der Waals surface area contributed by atoms with Gasteiger partial charge in [0.25, 0.3) is 5.91 Å². The molecule has 156 valence electrons. The summed E-state index contributed by atoms with van der Waals surface area (Å²) >= 11 is 3.07. The summed E-state index contributed by atoms with van der Waals surface area (Å²) in [5, 5.41) is 4.87. The standard InChI is InChI=1S/C19H23N3O5S2/c1-25-15-6-12(7-16(26-2)17(15)27-3)19(24)22-11-29-9-14(22)18(23)20-5-4-13-8-28-10-21-13/h6-8,10,14H,4-5,9,11H2,1-3H3,(H,20,23). The van der Waals surface area contributed by atoms with Gasteiger partial charge in [0.05, 0.1) is 38.4 Å². The second-order valence-corrected chi connectivity index (χ2v) is 7.94. The molecule has 0 radical (unpaired) electrons. The van der Waals surface area contributed by atoms with Crippen LogP contribution >= 0.6 is 23.1 Å². The number of nitrogens with zero attached hydrogens (tertiary/aromatic N) is 2. The fourth-order valence-corrected chi connectivity index (χ4v) is 4.77. The normalized spacial score (nSPS) is 15.8. The van der Waals surface area contributed by atoms with Gasteiger partial charge < -0.3 is 24.4 Å². The van der Waals surface area contributed by atoms with Crippen LogP contribution in [0.15, 0.2) is 23.0 Å². The Morgan fingerprint density at radius 3 is 2.52 bits per heavy atom. The first-order valence-corrected chi connectivity index (χ1v) is 11.0. The first-order chi connectivity index (χ1) is 14.1. The van der Waals surface area contributed by atoms with Crippen molar-refractivity contribution in [1.29, 1.82) is 0 Å². The third kappa shape index (κ3) is 4.76. The summed E-state index contributed by atoms with van der Waals surface area (Å²) in [5.74, 6) is 1.79.